The number of methoxy groups -OCH3 is 3. The van der Waals surface area contributed by atoms with E-state index in [1.54, 1.807) is 30.3 Å². The molecule has 1 heterocycles. The van der Waals surface area contributed by atoms with Crippen LogP contribution in [-0.4, -0.2) is 39.2 Å². The molecule has 0 fully saturated rings. The first-order valence-corrected chi connectivity index (χ1v) is 10.3. The van der Waals surface area contributed by atoms with Gasteiger partial charge in [0.2, 0.25) is 0 Å². The minimum absolute atomic E-state index is 0.113. The van der Waals surface area contributed by atoms with Crippen molar-refractivity contribution in [3.8, 4) is 6.07 Å². The van der Waals surface area contributed by atoms with Crippen LogP contribution in [0, 0.1) is 17.1 Å². The van der Waals surface area contributed by atoms with Crippen LogP contribution in [0.2, 0.25) is 5.02 Å². The van der Waals surface area contributed by atoms with E-state index >= 15 is 0 Å². The number of ether oxygens (including phenoxy) is 3. The van der Waals surface area contributed by atoms with Crippen molar-refractivity contribution >= 4 is 35.2 Å². The molecule has 0 aromatic heterocycles. The Bertz CT molecular complexity index is 1290. The monoisotopic (exact) mass is 499 g/mol. The average Bonchev–Trinajstić information content (AvgIpc) is 2.86. The summed E-state index contributed by atoms with van der Waals surface area (Å²) in [7, 11) is 3.24. The SMILES string of the molecule is COC(=O)C1=C(C(=O)OC)N(c2cc(F)c(C(=O)OC)c(Cl)c2)C(N)=C(C#N)C1c1ccccc1. The van der Waals surface area contributed by atoms with E-state index in [2.05, 4.69) is 4.74 Å². The minimum Gasteiger partial charge on any atom is -0.466 e. The third kappa shape index (κ3) is 4.41. The molecule has 0 bridgehead atoms. The van der Waals surface area contributed by atoms with Gasteiger partial charge < -0.3 is 19.9 Å². The van der Waals surface area contributed by atoms with Gasteiger partial charge in [-0.05, 0) is 17.7 Å². The molecule has 0 aliphatic carbocycles. The van der Waals surface area contributed by atoms with Crippen molar-refractivity contribution in [2.75, 3.05) is 26.2 Å². The summed E-state index contributed by atoms with van der Waals surface area (Å²) >= 11 is 6.14. The molecule has 2 aromatic rings. The third-order valence-electron chi connectivity index (χ3n) is 5.28. The highest BCUT2D eigenvalue weighted by atomic mass is 35.5. The molecule has 1 atom stereocenters. The van der Waals surface area contributed by atoms with Gasteiger partial charge in [0, 0.05) is 0 Å². The molecule has 180 valence electrons. The van der Waals surface area contributed by atoms with Crippen LogP contribution in [0.3, 0.4) is 0 Å². The van der Waals surface area contributed by atoms with Crippen LogP contribution in [-0.2, 0) is 23.8 Å². The van der Waals surface area contributed by atoms with E-state index in [0.717, 1.165) is 38.4 Å². The lowest BCUT2D eigenvalue weighted by Gasteiger charge is -2.36. The molecular weight excluding hydrogens is 481 g/mol. The van der Waals surface area contributed by atoms with Crippen LogP contribution in [0.25, 0.3) is 0 Å². The molecule has 0 saturated heterocycles. The second-order valence-electron chi connectivity index (χ2n) is 7.11. The molecular formula is C24H19ClFN3O6. The molecule has 1 aliphatic rings. The highest BCUT2D eigenvalue weighted by Gasteiger charge is 2.43. The van der Waals surface area contributed by atoms with Gasteiger partial charge in [0.05, 0.1) is 55.2 Å². The molecule has 2 aromatic carbocycles. The molecule has 0 saturated carbocycles. The lowest BCUT2D eigenvalue weighted by atomic mass is 9.81. The second-order valence-corrected chi connectivity index (χ2v) is 7.52. The normalized spacial score (nSPS) is 15.4. The van der Waals surface area contributed by atoms with Gasteiger partial charge in [-0.15, -0.1) is 0 Å². The number of esters is 3. The summed E-state index contributed by atoms with van der Waals surface area (Å²) in [6.45, 7) is 0. The number of anilines is 1. The van der Waals surface area contributed by atoms with Crippen LogP contribution >= 0.6 is 11.6 Å². The van der Waals surface area contributed by atoms with Gasteiger partial charge >= 0.3 is 17.9 Å². The maximum Gasteiger partial charge on any atom is 0.355 e. The van der Waals surface area contributed by atoms with Crippen molar-refractivity contribution < 1.29 is 33.0 Å². The van der Waals surface area contributed by atoms with Crippen LogP contribution < -0.4 is 10.6 Å². The number of carbonyl (C=O) groups excluding carboxylic acids is 3. The maximum absolute atomic E-state index is 14.9. The summed E-state index contributed by atoms with van der Waals surface area (Å²) in [5.74, 6) is -5.44. The van der Waals surface area contributed by atoms with Crippen LogP contribution in [0.4, 0.5) is 10.1 Å². The Hall–Kier alpha value is -4.36. The third-order valence-corrected chi connectivity index (χ3v) is 5.58. The molecule has 3 rings (SSSR count). The number of rotatable bonds is 5. The van der Waals surface area contributed by atoms with E-state index in [-0.39, 0.29) is 27.7 Å². The van der Waals surface area contributed by atoms with Crippen molar-refractivity contribution in [2.24, 2.45) is 5.73 Å². The predicted octanol–water partition coefficient (Wildman–Crippen LogP) is 3.16. The van der Waals surface area contributed by atoms with Crippen molar-refractivity contribution in [3.05, 3.63) is 87.1 Å². The van der Waals surface area contributed by atoms with Gasteiger partial charge in [-0.2, -0.15) is 5.26 Å². The second kappa shape index (κ2) is 10.3. The Balaban J connectivity index is 2.42. The fourth-order valence-electron chi connectivity index (χ4n) is 3.77. The number of nitrogens with two attached hydrogens (primary N) is 1. The zero-order valence-electron chi connectivity index (χ0n) is 18.8. The van der Waals surface area contributed by atoms with Crippen molar-refractivity contribution in [1.82, 2.24) is 0 Å². The maximum atomic E-state index is 14.9. The van der Waals surface area contributed by atoms with Crippen LogP contribution in [0.15, 0.2) is 65.1 Å². The Morgan fingerprint density at radius 3 is 2.14 bits per heavy atom. The lowest BCUT2D eigenvalue weighted by Crippen LogP contribution is -2.40. The number of hydrogen-bond donors (Lipinski definition) is 1. The zero-order chi connectivity index (χ0) is 25.9. The molecule has 1 unspecified atom stereocenters. The molecule has 35 heavy (non-hydrogen) atoms. The number of carbonyl (C=O) groups is 3. The molecule has 0 radical (unpaired) electrons. The first-order valence-electron chi connectivity index (χ1n) is 9.94. The number of allylic oxidation sites excluding steroid dienone is 1. The molecule has 11 heteroatoms. The Labute approximate surface area is 204 Å². The van der Waals surface area contributed by atoms with Crippen LogP contribution in [0.5, 0.6) is 0 Å². The van der Waals surface area contributed by atoms with Crippen molar-refractivity contribution in [3.63, 3.8) is 0 Å². The first kappa shape index (κ1) is 25.3. The Morgan fingerprint density at radius 2 is 1.63 bits per heavy atom. The summed E-state index contributed by atoms with van der Waals surface area (Å²) in [4.78, 5) is 38.9. The number of halogens is 2. The van der Waals surface area contributed by atoms with E-state index < -0.39 is 40.9 Å². The van der Waals surface area contributed by atoms with E-state index in [4.69, 9.17) is 26.8 Å². The molecule has 1 aliphatic heterocycles. The fraction of sp³-hybridized carbons (Fsp3) is 0.167. The Kier molecular flexibility index (Phi) is 7.42. The Morgan fingerprint density at radius 1 is 1.03 bits per heavy atom. The van der Waals surface area contributed by atoms with Gasteiger partial charge in [0.1, 0.15) is 22.9 Å². The van der Waals surface area contributed by atoms with Gasteiger partial charge in [-0.25, -0.2) is 18.8 Å². The predicted molar refractivity (Wildman–Crippen MR) is 122 cm³/mol. The van der Waals surface area contributed by atoms with Gasteiger partial charge in [-0.3, -0.25) is 4.90 Å². The minimum atomic E-state index is -1.09. The van der Waals surface area contributed by atoms with Gasteiger partial charge in [0.25, 0.3) is 0 Å². The quantitative estimate of drug-likeness (QED) is 0.486. The van der Waals surface area contributed by atoms with Crippen LogP contribution in [0.1, 0.15) is 21.8 Å². The smallest absolute Gasteiger partial charge is 0.355 e. The fourth-order valence-corrected chi connectivity index (χ4v) is 4.05. The zero-order valence-corrected chi connectivity index (χ0v) is 19.6. The molecule has 0 amide bonds. The summed E-state index contributed by atoms with van der Waals surface area (Å²) in [5.41, 5.74) is 5.33. The summed E-state index contributed by atoms with van der Waals surface area (Å²) in [6, 6.07) is 12.4. The van der Waals surface area contributed by atoms with E-state index in [1.165, 1.54) is 0 Å². The number of benzene rings is 2. The largest absolute Gasteiger partial charge is 0.466 e. The highest BCUT2D eigenvalue weighted by Crippen LogP contribution is 2.44. The first-order chi connectivity index (χ1) is 16.7. The van der Waals surface area contributed by atoms with E-state index in [0.29, 0.717) is 5.56 Å². The van der Waals surface area contributed by atoms with E-state index in [9.17, 15) is 24.0 Å². The highest BCUT2D eigenvalue weighted by molar-refractivity contribution is 6.34. The van der Waals surface area contributed by atoms with E-state index in [1.807, 2.05) is 6.07 Å². The topological polar surface area (TPSA) is 132 Å². The number of nitriles is 1. The van der Waals surface area contributed by atoms with Gasteiger partial charge in [0.15, 0.2) is 0 Å². The molecule has 0 spiro atoms. The molecule has 9 nitrogen and oxygen atoms in total. The lowest BCUT2D eigenvalue weighted by molar-refractivity contribution is -0.139. The molecule has 2 N–H and O–H groups in total. The van der Waals surface area contributed by atoms with Crippen molar-refractivity contribution in [1.29, 1.82) is 5.26 Å². The number of hydrogen-bond acceptors (Lipinski definition) is 9. The summed E-state index contributed by atoms with van der Waals surface area (Å²) in [6.07, 6.45) is 0. The standard InChI is InChI=1S/C24H19ClFN3O6/c1-33-22(30)18-15(25)9-13(10-16(18)26)29-20(24(32)35-3)19(23(31)34-2)17(14(11-27)21(29)28)12-7-5-4-6-8-12/h4-10,17H,28H2,1-3H3. The average molecular weight is 500 g/mol. The summed E-state index contributed by atoms with van der Waals surface area (Å²) < 4.78 is 29.3. The van der Waals surface area contributed by atoms with Crippen molar-refractivity contribution in [2.45, 2.75) is 5.92 Å². The summed E-state index contributed by atoms with van der Waals surface area (Å²) in [5, 5.41) is 9.65. The van der Waals surface area contributed by atoms with Gasteiger partial charge in [-0.1, -0.05) is 41.9 Å². The number of nitrogens with zero attached hydrogens (tertiary/aromatic N) is 2.